The fraction of sp³-hybridized carbons (Fsp3) is 0.391. The van der Waals surface area contributed by atoms with Crippen molar-refractivity contribution in [1.29, 1.82) is 0 Å². The fourth-order valence-electron chi connectivity index (χ4n) is 3.38. The number of hydrogen-bond donors (Lipinski definition) is 9. The van der Waals surface area contributed by atoms with E-state index in [1.54, 1.807) is 0 Å². The van der Waals surface area contributed by atoms with Crippen molar-refractivity contribution >= 4 is 29.7 Å². The number of H-pyrrole nitrogens is 1. The Hall–Kier alpha value is -4.50. The monoisotopic (exact) mass is 534 g/mol. The van der Waals surface area contributed by atoms with Gasteiger partial charge in [-0.15, -0.1) is 0 Å². The molecule has 5 atom stereocenters. The maximum absolute atomic E-state index is 12.8. The molecule has 0 aliphatic heterocycles. The van der Waals surface area contributed by atoms with E-state index in [4.69, 9.17) is 5.73 Å². The topological polar surface area (TPSA) is 257 Å². The van der Waals surface area contributed by atoms with Gasteiger partial charge in [-0.2, -0.15) is 0 Å². The second kappa shape index (κ2) is 13.7. The van der Waals surface area contributed by atoms with Crippen molar-refractivity contribution in [3.8, 4) is 5.75 Å². The molecule has 1 aromatic carbocycles. The first-order valence-electron chi connectivity index (χ1n) is 11.4. The highest BCUT2D eigenvalue weighted by Crippen LogP contribution is 2.11. The number of carboxylic acids is 2. The van der Waals surface area contributed by atoms with Crippen molar-refractivity contribution in [2.24, 2.45) is 5.73 Å². The summed E-state index contributed by atoms with van der Waals surface area (Å²) in [6.45, 7) is 1.16. The molecule has 1 heterocycles. The Kier molecular flexibility index (Phi) is 10.7. The summed E-state index contributed by atoms with van der Waals surface area (Å²) >= 11 is 0. The van der Waals surface area contributed by atoms with E-state index >= 15 is 0 Å². The van der Waals surface area contributed by atoms with Crippen LogP contribution in [-0.4, -0.2) is 90.3 Å². The van der Waals surface area contributed by atoms with E-state index in [9.17, 15) is 44.4 Å². The van der Waals surface area contributed by atoms with Crippen molar-refractivity contribution in [1.82, 2.24) is 25.9 Å². The summed E-state index contributed by atoms with van der Waals surface area (Å²) in [5, 5.41) is 44.7. The largest absolute Gasteiger partial charge is 0.508 e. The number of phenols is 1. The Morgan fingerprint density at radius 2 is 1.58 bits per heavy atom. The molecule has 3 amide bonds. The standard InChI is InChI=1S/C23H30N6O9/c1-11(30)19(22(36)28-17(23(37)38)7-13-9-25-10-26-13)29-21(35)16(8-18(32)33)27-20(34)15(24)6-12-2-4-14(31)5-3-12/h2-5,9-11,15-17,19,30-31H,6-8,24H2,1H3,(H,25,26)(H,27,34)(H,28,36)(H,29,35)(H,32,33)(H,37,38). The molecule has 0 saturated carbocycles. The molecule has 206 valence electrons. The third-order valence-corrected chi connectivity index (χ3v) is 5.40. The molecule has 1 aromatic heterocycles. The molecule has 2 rings (SSSR count). The van der Waals surface area contributed by atoms with Gasteiger partial charge in [-0.25, -0.2) is 9.78 Å². The van der Waals surface area contributed by atoms with Crippen LogP contribution in [0.3, 0.4) is 0 Å². The molecule has 2 aromatic rings. The first-order chi connectivity index (χ1) is 17.9. The summed E-state index contributed by atoms with van der Waals surface area (Å²) in [6, 6.07) is -0.103. The molecule has 0 bridgehead atoms. The van der Waals surface area contributed by atoms with Gasteiger partial charge in [0.2, 0.25) is 17.7 Å². The number of aromatic nitrogens is 2. The maximum atomic E-state index is 12.8. The highest BCUT2D eigenvalue weighted by Gasteiger charge is 2.33. The number of aliphatic hydroxyl groups is 1. The van der Waals surface area contributed by atoms with Crippen molar-refractivity contribution in [2.45, 2.75) is 56.5 Å². The lowest BCUT2D eigenvalue weighted by molar-refractivity contribution is -0.144. The van der Waals surface area contributed by atoms with E-state index in [0.717, 1.165) is 6.92 Å². The van der Waals surface area contributed by atoms with Gasteiger partial charge in [0.15, 0.2) is 0 Å². The number of aliphatic carboxylic acids is 2. The van der Waals surface area contributed by atoms with Crippen molar-refractivity contribution < 1.29 is 44.4 Å². The minimum atomic E-state index is -1.68. The van der Waals surface area contributed by atoms with Gasteiger partial charge in [0, 0.05) is 18.3 Å². The van der Waals surface area contributed by atoms with Crippen LogP contribution < -0.4 is 21.7 Å². The second-order valence-corrected chi connectivity index (χ2v) is 8.54. The van der Waals surface area contributed by atoms with Gasteiger partial charge in [0.05, 0.1) is 24.9 Å². The van der Waals surface area contributed by atoms with Crippen LogP contribution >= 0.6 is 0 Å². The van der Waals surface area contributed by atoms with Crippen LogP contribution in [0.4, 0.5) is 0 Å². The first kappa shape index (κ1) is 29.7. The van der Waals surface area contributed by atoms with E-state index in [2.05, 4.69) is 25.9 Å². The number of nitrogens with one attached hydrogen (secondary N) is 4. The minimum Gasteiger partial charge on any atom is -0.508 e. The van der Waals surface area contributed by atoms with Gasteiger partial charge >= 0.3 is 11.9 Å². The summed E-state index contributed by atoms with van der Waals surface area (Å²) in [6.07, 6.45) is 0.148. The Morgan fingerprint density at radius 1 is 0.947 bits per heavy atom. The van der Waals surface area contributed by atoms with E-state index in [1.807, 2.05) is 0 Å². The average molecular weight is 535 g/mol. The number of hydrogen-bond acceptors (Lipinski definition) is 9. The number of benzene rings is 1. The lowest BCUT2D eigenvalue weighted by Crippen LogP contribution is -2.60. The van der Waals surface area contributed by atoms with E-state index in [1.165, 1.54) is 36.8 Å². The van der Waals surface area contributed by atoms with Crippen LogP contribution in [0.15, 0.2) is 36.8 Å². The van der Waals surface area contributed by atoms with Crippen molar-refractivity contribution in [3.05, 3.63) is 48.0 Å². The molecule has 5 unspecified atom stereocenters. The molecule has 10 N–H and O–H groups in total. The van der Waals surface area contributed by atoms with Crippen LogP contribution in [0.25, 0.3) is 0 Å². The van der Waals surface area contributed by atoms with Gasteiger partial charge in [-0.05, 0) is 31.0 Å². The number of amides is 3. The number of phenolic OH excluding ortho intramolecular Hbond substituents is 1. The fourth-order valence-corrected chi connectivity index (χ4v) is 3.38. The number of aromatic amines is 1. The second-order valence-electron chi connectivity index (χ2n) is 8.54. The maximum Gasteiger partial charge on any atom is 0.326 e. The Labute approximate surface area is 216 Å². The molecular weight excluding hydrogens is 504 g/mol. The Morgan fingerprint density at radius 3 is 2.11 bits per heavy atom. The summed E-state index contributed by atoms with van der Waals surface area (Å²) in [7, 11) is 0. The molecule has 0 spiro atoms. The van der Waals surface area contributed by atoms with Crippen LogP contribution in [0.5, 0.6) is 5.75 Å². The SMILES string of the molecule is CC(O)C(NC(=O)C(CC(=O)O)NC(=O)C(N)Cc1ccc(O)cc1)C(=O)NC(Cc1cnc[nH]1)C(=O)O. The number of nitrogens with zero attached hydrogens (tertiary/aromatic N) is 1. The minimum absolute atomic E-state index is 0.0117. The van der Waals surface area contributed by atoms with Gasteiger partial charge in [-0.3, -0.25) is 19.2 Å². The third-order valence-electron chi connectivity index (χ3n) is 5.40. The quantitative estimate of drug-likeness (QED) is 0.124. The van der Waals surface area contributed by atoms with E-state index < -0.39 is 66.4 Å². The lowest BCUT2D eigenvalue weighted by atomic mass is 10.0. The van der Waals surface area contributed by atoms with Crippen molar-refractivity contribution in [3.63, 3.8) is 0 Å². The van der Waals surface area contributed by atoms with Crippen LogP contribution in [0.2, 0.25) is 0 Å². The summed E-state index contributed by atoms with van der Waals surface area (Å²) in [5.74, 6) is -5.84. The molecule has 0 aliphatic carbocycles. The molecule has 0 saturated heterocycles. The number of carbonyl (C=O) groups excluding carboxylic acids is 3. The number of rotatable bonds is 14. The van der Waals surface area contributed by atoms with E-state index in [-0.39, 0.29) is 18.6 Å². The highest BCUT2D eigenvalue weighted by molar-refractivity contribution is 5.96. The third kappa shape index (κ3) is 9.18. The zero-order chi connectivity index (χ0) is 28.4. The van der Waals surface area contributed by atoms with Gasteiger partial charge in [-0.1, -0.05) is 12.1 Å². The molecular formula is C23H30N6O9. The predicted octanol–water partition coefficient (Wildman–Crippen LogP) is -2.38. The highest BCUT2D eigenvalue weighted by atomic mass is 16.4. The average Bonchev–Trinajstić information content (AvgIpc) is 3.35. The number of aromatic hydroxyl groups is 1. The summed E-state index contributed by atoms with van der Waals surface area (Å²) in [4.78, 5) is 67.6. The van der Waals surface area contributed by atoms with Gasteiger partial charge in [0.1, 0.15) is 23.9 Å². The van der Waals surface area contributed by atoms with Crippen LogP contribution in [0.1, 0.15) is 24.6 Å². The number of carboxylic acid groups (broad SMARTS) is 2. The van der Waals surface area contributed by atoms with E-state index in [0.29, 0.717) is 11.3 Å². The predicted molar refractivity (Wildman–Crippen MR) is 129 cm³/mol. The first-order valence-corrected chi connectivity index (χ1v) is 11.4. The Bertz CT molecular complexity index is 1120. The number of imidazole rings is 1. The van der Waals surface area contributed by atoms with Gasteiger partial charge in [0.25, 0.3) is 0 Å². The van der Waals surface area contributed by atoms with Crippen LogP contribution in [-0.2, 0) is 36.8 Å². The number of nitrogens with two attached hydrogens (primary N) is 1. The molecule has 0 radical (unpaired) electrons. The lowest BCUT2D eigenvalue weighted by Gasteiger charge is -2.26. The summed E-state index contributed by atoms with van der Waals surface area (Å²) < 4.78 is 0. The van der Waals surface area contributed by atoms with Gasteiger partial charge < -0.3 is 47.1 Å². The van der Waals surface area contributed by atoms with Crippen molar-refractivity contribution in [2.75, 3.05) is 0 Å². The normalized spacial score (nSPS) is 14.8. The summed E-state index contributed by atoms with van der Waals surface area (Å²) in [5.41, 5.74) is 6.88. The molecule has 0 aliphatic rings. The smallest absolute Gasteiger partial charge is 0.326 e. The molecule has 38 heavy (non-hydrogen) atoms. The molecule has 15 heteroatoms. The zero-order valence-corrected chi connectivity index (χ0v) is 20.3. The zero-order valence-electron chi connectivity index (χ0n) is 20.3. The Balaban J connectivity index is 2.09. The molecule has 15 nitrogen and oxygen atoms in total. The van der Waals surface area contributed by atoms with Crippen LogP contribution in [0, 0.1) is 0 Å². The number of carbonyl (C=O) groups is 5. The molecule has 0 fully saturated rings. The number of aliphatic hydroxyl groups excluding tert-OH is 1.